The van der Waals surface area contributed by atoms with Crippen LogP contribution in [0.5, 0.6) is 5.88 Å². The molecule has 0 amide bonds. The number of anilines is 2. The first-order valence-corrected chi connectivity index (χ1v) is 7.13. The standard InChI is InChI=1S/C14H19N5O2/c1-9-17-13(19-21-9)6-7-16-12-5-4-11(15)14(18-12)20-8-10-2-3-10/h4-5,10H,2-3,6-8,15H2,1H3,(H,16,18). The zero-order valence-electron chi connectivity index (χ0n) is 12.0. The SMILES string of the molecule is Cc1nc(CCNc2ccc(N)c(OCC3CC3)n2)no1. The van der Waals surface area contributed by atoms with Crippen LogP contribution < -0.4 is 15.8 Å². The molecule has 0 unspecified atom stereocenters. The molecular weight excluding hydrogens is 270 g/mol. The van der Waals surface area contributed by atoms with Gasteiger partial charge in [0.15, 0.2) is 5.82 Å². The number of hydrogen-bond acceptors (Lipinski definition) is 7. The van der Waals surface area contributed by atoms with Crippen molar-refractivity contribution in [3.05, 3.63) is 23.8 Å². The van der Waals surface area contributed by atoms with Crippen LogP contribution in [0.1, 0.15) is 24.6 Å². The Kier molecular flexibility index (Phi) is 3.89. The zero-order valence-corrected chi connectivity index (χ0v) is 12.0. The van der Waals surface area contributed by atoms with Gasteiger partial charge in [0.25, 0.3) is 0 Å². The smallest absolute Gasteiger partial charge is 0.239 e. The van der Waals surface area contributed by atoms with Crippen molar-refractivity contribution in [1.82, 2.24) is 15.1 Å². The number of nitrogen functional groups attached to an aromatic ring is 1. The summed E-state index contributed by atoms with van der Waals surface area (Å²) in [5.41, 5.74) is 6.44. The van der Waals surface area contributed by atoms with E-state index < -0.39 is 0 Å². The molecule has 21 heavy (non-hydrogen) atoms. The number of nitrogens with zero attached hydrogens (tertiary/aromatic N) is 3. The number of aryl methyl sites for hydroxylation is 1. The molecule has 1 aliphatic carbocycles. The molecule has 0 aliphatic heterocycles. The lowest BCUT2D eigenvalue weighted by Gasteiger charge is -2.10. The summed E-state index contributed by atoms with van der Waals surface area (Å²) in [5, 5.41) is 7.05. The molecule has 0 bridgehead atoms. The molecule has 1 aliphatic rings. The lowest BCUT2D eigenvalue weighted by Crippen LogP contribution is -2.09. The third-order valence-electron chi connectivity index (χ3n) is 3.27. The van der Waals surface area contributed by atoms with Gasteiger partial charge in [-0.25, -0.2) is 0 Å². The first-order valence-electron chi connectivity index (χ1n) is 7.13. The van der Waals surface area contributed by atoms with Crippen LogP contribution in [-0.2, 0) is 6.42 Å². The van der Waals surface area contributed by atoms with Gasteiger partial charge in [-0.1, -0.05) is 5.16 Å². The largest absolute Gasteiger partial charge is 0.476 e. The van der Waals surface area contributed by atoms with Crippen molar-refractivity contribution >= 4 is 11.5 Å². The van der Waals surface area contributed by atoms with Gasteiger partial charge in [-0.05, 0) is 30.9 Å². The van der Waals surface area contributed by atoms with E-state index in [1.54, 1.807) is 13.0 Å². The number of pyridine rings is 1. The maximum atomic E-state index is 5.87. The van der Waals surface area contributed by atoms with Gasteiger partial charge in [-0.3, -0.25) is 0 Å². The Morgan fingerprint density at radius 3 is 2.95 bits per heavy atom. The lowest BCUT2D eigenvalue weighted by atomic mass is 10.3. The third kappa shape index (κ3) is 3.84. The number of nitrogens with two attached hydrogens (primary N) is 1. The molecule has 112 valence electrons. The average Bonchev–Trinajstić information content (AvgIpc) is 3.21. The third-order valence-corrected chi connectivity index (χ3v) is 3.27. The second kappa shape index (κ2) is 5.99. The maximum Gasteiger partial charge on any atom is 0.239 e. The molecule has 1 fully saturated rings. The van der Waals surface area contributed by atoms with E-state index in [4.69, 9.17) is 15.0 Å². The van der Waals surface area contributed by atoms with Gasteiger partial charge in [-0.15, -0.1) is 0 Å². The Hall–Kier alpha value is -2.31. The molecule has 3 N–H and O–H groups in total. The van der Waals surface area contributed by atoms with Crippen molar-refractivity contribution in [2.24, 2.45) is 5.92 Å². The van der Waals surface area contributed by atoms with E-state index in [0.717, 1.165) is 5.82 Å². The lowest BCUT2D eigenvalue weighted by molar-refractivity contribution is 0.290. The Labute approximate surface area is 122 Å². The van der Waals surface area contributed by atoms with Gasteiger partial charge in [-0.2, -0.15) is 9.97 Å². The predicted octanol–water partition coefficient (Wildman–Crippen LogP) is 1.80. The van der Waals surface area contributed by atoms with Crippen LogP contribution in [0.25, 0.3) is 0 Å². The fourth-order valence-corrected chi connectivity index (χ4v) is 1.89. The summed E-state index contributed by atoms with van der Waals surface area (Å²) in [4.78, 5) is 8.53. The quantitative estimate of drug-likeness (QED) is 0.801. The van der Waals surface area contributed by atoms with Crippen LogP contribution >= 0.6 is 0 Å². The second-order valence-corrected chi connectivity index (χ2v) is 5.25. The average molecular weight is 289 g/mol. The molecule has 0 atom stereocenters. The fourth-order valence-electron chi connectivity index (χ4n) is 1.89. The van der Waals surface area contributed by atoms with Crippen LogP contribution in [0.3, 0.4) is 0 Å². The summed E-state index contributed by atoms with van der Waals surface area (Å²) in [6, 6.07) is 3.64. The summed E-state index contributed by atoms with van der Waals surface area (Å²) in [7, 11) is 0. The molecule has 7 nitrogen and oxygen atoms in total. The maximum absolute atomic E-state index is 5.87. The van der Waals surface area contributed by atoms with Gasteiger partial charge in [0, 0.05) is 19.9 Å². The number of rotatable bonds is 7. The summed E-state index contributed by atoms with van der Waals surface area (Å²) in [5.74, 6) is 3.16. The van der Waals surface area contributed by atoms with Gasteiger partial charge < -0.3 is 20.3 Å². The normalized spacial score (nSPS) is 14.1. The van der Waals surface area contributed by atoms with E-state index in [1.165, 1.54) is 12.8 Å². The second-order valence-electron chi connectivity index (χ2n) is 5.25. The molecule has 0 aromatic carbocycles. The van der Waals surface area contributed by atoms with Crippen LogP contribution in [0.15, 0.2) is 16.7 Å². The van der Waals surface area contributed by atoms with E-state index in [0.29, 0.717) is 48.8 Å². The Morgan fingerprint density at radius 2 is 2.24 bits per heavy atom. The number of ether oxygens (including phenoxy) is 1. The molecule has 0 radical (unpaired) electrons. The highest BCUT2D eigenvalue weighted by molar-refractivity contribution is 5.53. The Balaban J connectivity index is 1.53. The highest BCUT2D eigenvalue weighted by atomic mass is 16.5. The topological polar surface area (TPSA) is 99.1 Å². The number of hydrogen-bond donors (Lipinski definition) is 2. The number of nitrogens with one attached hydrogen (secondary N) is 1. The van der Waals surface area contributed by atoms with E-state index in [2.05, 4.69) is 20.4 Å². The molecule has 1 saturated carbocycles. The Morgan fingerprint density at radius 1 is 1.38 bits per heavy atom. The van der Waals surface area contributed by atoms with E-state index >= 15 is 0 Å². The molecule has 2 aromatic rings. The van der Waals surface area contributed by atoms with Crippen molar-refractivity contribution < 1.29 is 9.26 Å². The predicted molar refractivity (Wildman–Crippen MR) is 78.1 cm³/mol. The fraction of sp³-hybridized carbons (Fsp3) is 0.500. The minimum Gasteiger partial charge on any atom is -0.476 e. The van der Waals surface area contributed by atoms with E-state index in [9.17, 15) is 0 Å². The van der Waals surface area contributed by atoms with Crippen molar-refractivity contribution in [3.8, 4) is 5.88 Å². The highest BCUT2D eigenvalue weighted by Gasteiger charge is 2.22. The van der Waals surface area contributed by atoms with E-state index in [1.807, 2.05) is 6.07 Å². The van der Waals surface area contributed by atoms with Crippen molar-refractivity contribution in [2.75, 3.05) is 24.2 Å². The molecule has 3 rings (SSSR count). The van der Waals surface area contributed by atoms with Crippen LogP contribution in [-0.4, -0.2) is 28.3 Å². The van der Waals surface area contributed by atoms with Crippen molar-refractivity contribution in [2.45, 2.75) is 26.2 Å². The first-order chi connectivity index (χ1) is 10.2. The minimum atomic E-state index is 0.502. The van der Waals surface area contributed by atoms with Crippen molar-refractivity contribution in [1.29, 1.82) is 0 Å². The highest BCUT2D eigenvalue weighted by Crippen LogP contribution is 2.30. The van der Waals surface area contributed by atoms with Crippen LogP contribution in [0.4, 0.5) is 11.5 Å². The van der Waals surface area contributed by atoms with Gasteiger partial charge in [0.05, 0.1) is 12.3 Å². The first kappa shape index (κ1) is 13.7. The molecule has 0 spiro atoms. The molecule has 2 aromatic heterocycles. The zero-order chi connectivity index (χ0) is 14.7. The number of aromatic nitrogens is 3. The van der Waals surface area contributed by atoms with Gasteiger partial charge in [0.1, 0.15) is 5.82 Å². The summed E-state index contributed by atoms with van der Waals surface area (Å²) < 4.78 is 10.6. The molecule has 0 saturated heterocycles. The summed E-state index contributed by atoms with van der Waals surface area (Å²) >= 11 is 0. The summed E-state index contributed by atoms with van der Waals surface area (Å²) in [6.07, 6.45) is 3.14. The molecule has 2 heterocycles. The van der Waals surface area contributed by atoms with Crippen LogP contribution in [0.2, 0.25) is 0 Å². The minimum absolute atomic E-state index is 0.502. The van der Waals surface area contributed by atoms with Gasteiger partial charge >= 0.3 is 0 Å². The monoisotopic (exact) mass is 289 g/mol. The van der Waals surface area contributed by atoms with Crippen LogP contribution in [0, 0.1) is 12.8 Å². The van der Waals surface area contributed by atoms with Gasteiger partial charge in [0.2, 0.25) is 11.8 Å². The molecular formula is C14H19N5O2. The van der Waals surface area contributed by atoms with Crippen molar-refractivity contribution in [3.63, 3.8) is 0 Å². The Bertz CT molecular complexity index is 609. The summed E-state index contributed by atoms with van der Waals surface area (Å²) in [6.45, 7) is 3.13. The van der Waals surface area contributed by atoms with E-state index in [-0.39, 0.29) is 0 Å². The molecule has 7 heteroatoms.